The second-order valence-corrected chi connectivity index (χ2v) is 4.46. The van der Waals surface area contributed by atoms with Crippen LogP contribution in [0.4, 0.5) is 4.39 Å². The van der Waals surface area contributed by atoms with Crippen LogP contribution in [-0.4, -0.2) is 29.4 Å². The Bertz CT molecular complexity index is 921. The third-order valence-corrected chi connectivity index (χ3v) is 3.22. The number of nitrogens with zero attached hydrogens (tertiary/aromatic N) is 6. The maximum Gasteiger partial charge on any atom is 0.174 e. The summed E-state index contributed by atoms with van der Waals surface area (Å²) in [5.74, 6) is 0.484. The van der Waals surface area contributed by atoms with E-state index in [0.717, 1.165) is 16.9 Å². The average Bonchev–Trinajstić information content (AvgIpc) is 3.04. The van der Waals surface area contributed by atoms with E-state index in [-0.39, 0.29) is 5.82 Å². The molecule has 3 aromatic heterocycles. The van der Waals surface area contributed by atoms with Gasteiger partial charge in [0.1, 0.15) is 18.0 Å². The van der Waals surface area contributed by atoms with Crippen molar-refractivity contribution in [3.8, 4) is 5.69 Å². The topological polar surface area (TPSA) is 60.9 Å². The van der Waals surface area contributed by atoms with Crippen LogP contribution < -0.4 is 0 Å². The third-order valence-electron chi connectivity index (χ3n) is 3.22. The van der Waals surface area contributed by atoms with Gasteiger partial charge in [-0.15, -0.1) is 10.2 Å². The van der Waals surface area contributed by atoms with E-state index in [1.165, 1.54) is 12.1 Å². The zero-order chi connectivity index (χ0) is 13.7. The minimum Gasteiger partial charge on any atom is -0.269 e. The molecule has 3 heterocycles. The van der Waals surface area contributed by atoms with Crippen molar-refractivity contribution >= 4 is 16.7 Å². The molecular formula is C13H9FN6. The molecule has 0 fully saturated rings. The Morgan fingerprint density at radius 2 is 1.85 bits per heavy atom. The molecule has 0 aliphatic heterocycles. The van der Waals surface area contributed by atoms with Crippen LogP contribution in [-0.2, 0) is 0 Å². The highest BCUT2D eigenvalue weighted by Crippen LogP contribution is 2.20. The van der Waals surface area contributed by atoms with Crippen LogP contribution in [0, 0.1) is 12.7 Å². The van der Waals surface area contributed by atoms with E-state index in [0.29, 0.717) is 11.3 Å². The largest absolute Gasteiger partial charge is 0.269 e. The van der Waals surface area contributed by atoms with Gasteiger partial charge in [-0.05, 0) is 31.2 Å². The molecule has 0 radical (unpaired) electrons. The molecule has 0 unspecified atom stereocenters. The van der Waals surface area contributed by atoms with Crippen LogP contribution in [0.15, 0.2) is 36.8 Å². The smallest absolute Gasteiger partial charge is 0.174 e. The minimum absolute atomic E-state index is 0.284. The Balaban J connectivity index is 2.02. The van der Waals surface area contributed by atoms with E-state index in [9.17, 15) is 4.39 Å². The van der Waals surface area contributed by atoms with Gasteiger partial charge in [-0.1, -0.05) is 0 Å². The lowest BCUT2D eigenvalue weighted by molar-refractivity contribution is 0.627. The van der Waals surface area contributed by atoms with E-state index in [2.05, 4.69) is 20.3 Å². The number of benzene rings is 1. The lowest BCUT2D eigenvalue weighted by Crippen LogP contribution is -1.99. The first kappa shape index (κ1) is 11.0. The van der Waals surface area contributed by atoms with Crippen LogP contribution in [0.2, 0.25) is 0 Å². The predicted molar refractivity (Wildman–Crippen MR) is 70.1 cm³/mol. The lowest BCUT2D eigenvalue weighted by atomic mass is 10.3. The van der Waals surface area contributed by atoms with E-state index in [1.54, 1.807) is 33.7 Å². The first-order valence-corrected chi connectivity index (χ1v) is 6.04. The van der Waals surface area contributed by atoms with Crippen molar-refractivity contribution in [2.24, 2.45) is 0 Å². The van der Waals surface area contributed by atoms with Gasteiger partial charge in [0.25, 0.3) is 0 Å². The summed E-state index contributed by atoms with van der Waals surface area (Å²) in [5, 5.41) is 13.3. The summed E-state index contributed by atoms with van der Waals surface area (Å²) >= 11 is 0. The number of fused-ring (bicyclic) bond motifs is 3. The molecule has 4 rings (SSSR count). The highest BCUT2D eigenvalue weighted by molar-refractivity contribution is 5.89. The quantitative estimate of drug-likeness (QED) is 0.529. The van der Waals surface area contributed by atoms with Crippen molar-refractivity contribution in [1.82, 2.24) is 29.4 Å². The predicted octanol–water partition coefficient (Wildman–Crippen LogP) is 1.91. The Morgan fingerprint density at radius 3 is 2.65 bits per heavy atom. The van der Waals surface area contributed by atoms with Gasteiger partial charge >= 0.3 is 0 Å². The summed E-state index contributed by atoms with van der Waals surface area (Å²) < 4.78 is 16.4. The monoisotopic (exact) mass is 268 g/mol. The molecule has 98 valence electrons. The third kappa shape index (κ3) is 1.43. The highest BCUT2D eigenvalue weighted by Gasteiger charge is 2.12. The Kier molecular flexibility index (Phi) is 2.11. The Labute approximate surface area is 112 Å². The summed E-state index contributed by atoms with van der Waals surface area (Å²) in [6, 6.07) is 6.09. The van der Waals surface area contributed by atoms with Crippen molar-refractivity contribution in [2.45, 2.75) is 6.92 Å². The second-order valence-electron chi connectivity index (χ2n) is 4.46. The molecule has 0 saturated carbocycles. The fraction of sp³-hybridized carbons (Fsp3) is 0.0769. The molecule has 1 aromatic carbocycles. The molecule has 6 nitrogen and oxygen atoms in total. The summed E-state index contributed by atoms with van der Waals surface area (Å²) in [6.07, 6.45) is 3.35. The molecule has 0 spiro atoms. The van der Waals surface area contributed by atoms with Crippen LogP contribution in [0.25, 0.3) is 22.4 Å². The van der Waals surface area contributed by atoms with Gasteiger partial charge in [-0.2, -0.15) is 5.10 Å². The van der Waals surface area contributed by atoms with E-state index < -0.39 is 0 Å². The minimum atomic E-state index is -0.284. The molecule has 0 aliphatic rings. The number of aryl methyl sites for hydroxylation is 1. The molecule has 0 saturated heterocycles. The van der Waals surface area contributed by atoms with Crippen molar-refractivity contribution < 1.29 is 4.39 Å². The zero-order valence-corrected chi connectivity index (χ0v) is 10.5. The SMILES string of the molecule is Cc1nnc2c3cnn(-c4ccc(F)cc4)c3ncn12. The Hall–Kier alpha value is -2.83. The normalized spacial score (nSPS) is 11.5. The van der Waals surface area contributed by atoms with Gasteiger partial charge in [-0.25, -0.2) is 14.1 Å². The number of aromatic nitrogens is 6. The van der Waals surface area contributed by atoms with Crippen LogP contribution in [0.1, 0.15) is 5.82 Å². The number of rotatable bonds is 1. The van der Waals surface area contributed by atoms with Gasteiger partial charge in [-0.3, -0.25) is 4.40 Å². The fourth-order valence-electron chi connectivity index (χ4n) is 2.20. The van der Waals surface area contributed by atoms with Crippen molar-refractivity contribution in [1.29, 1.82) is 0 Å². The first-order valence-electron chi connectivity index (χ1n) is 6.04. The fourth-order valence-corrected chi connectivity index (χ4v) is 2.20. The molecule has 0 amide bonds. The summed E-state index contributed by atoms with van der Waals surface area (Å²) in [6.45, 7) is 1.86. The van der Waals surface area contributed by atoms with Gasteiger partial charge in [0, 0.05) is 0 Å². The van der Waals surface area contributed by atoms with E-state index >= 15 is 0 Å². The van der Waals surface area contributed by atoms with Crippen molar-refractivity contribution in [3.05, 3.63) is 48.4 Å². The zero-order valence-electron chi connectivity index (χ0n) is 10.5. The molecule has 20 heavy (non-hydrogen) atoms. The molecule has 0 bridgehead atoms. The molecule has 0 aliphatic carbocycles. The Morgan fingerprint density at radius 1 is 1.05 bits per heavy atom. The van der Waals surface area contributed by atoms with E-state index in [1.807, 2.05) is 6.92 Å². The highest BCUT2D eigenvalue weighted by atomic mass is 19.1. The molecular weight excluding hydrogens is 259 g/mol. The van der Waals surface area contributed by atoms with Gasteiger partial charge in [0.05, 0.1) is 17.3 Å². The molecule has 0 N–H and O–H groups in total. The second kappa shape index (κ2) is 3.83. The first-order chi connectivity index (χ1) is 9.74. The van der Waals surface area contributed by atoms with E-state index in [4.69, 9.17) is 0 Å². The van der Waals surface area contributed by atoms with Gasteiger partial charge in [0.2, 0.25) is 0 Å². The van der Waals surface area contributed by atoms with Crippen LogP contribution in [0.5, 0.6) is 0 Å². The number of halogens is 1. The molecule has 0 atom stereocenters. The van der Waals surface area contributed by atoms with Crippen LogP contribution >= 0.6 is 0 Å². The van der Waals surface area contributed by atoms with Crippen molar-refractivity contribution in [3.63, 3.8) is 0 Å². The maximum atomic E-state index is 13.0. The number of hydrogen-bond donors (Lipinski definition) is 0. The van der Waals surface area contributed by atoms with Crippen molar-refractivity contribution in [2.75, 3.05) is 0 Å². The summed E-state index contributed by atoms with van der Waals surface area (Å²) in [5.41, 5.74) is 2.12. The average molecular weight is 268 g/mol. The molecule has 7 heteroatoms. The summed E-state index contributed by atoms with van der Waals surface area (Å²) in [4.78, 5) is 4.39. The number of hydrogen-bond acceptors (Lipinski definition) is 4. The summed E-state index contributed by atoms with van der Waals surface area (Å²) in [7, 11) is 0. The maximum absolute atomic E-state index is 13.0. The lowest BCUT2D eigenvalue weighted by Gasteiger charge is -2.02. The standard InChI is InChI=1S/C13H9FN6/c1-8-17-18-13-11-6-16-20(12(11)15-7-19(8)13)10-4-2-9(14)3-5-10/h2-7H,1H3. The van der Waals surface area contributed by atoms with Gasteiger partial charge in [0.15, 0.2) is 11.3 Å². The molecule has 4 aromatic rings. The van der Waals surface area contributed by atoms with Gasteiger partial charge < -0.3 is 0 Å². The van der Waals surface area contributed by atoms with Crippen LogP contribution in [0.3, 0.4) is 0 Å².